The van der Waals surface area contributed by atoms with Gasteiger partial charge in [0.25, 0.3) is 5.91 Å². The first-order valence-corrected chi connectivity index (χ1v) is 15.4. The van der Waals surface area contributed by atoms with Gasteiger partial charge in [0.2, 0.25) is 0 Å². The van der Waals surface area contributed by atoms with Crippen LogP contribution in [0.4, 0.5) is 0 Å². The summed E-state index contributed by atoms with van der Waals surface area (Å²) in [6.45, 7) is 1.91. The number of benzene rings is 2. The maximum absolute atomic E-state index is 13.8. The summed E-state index contributed by atoms with van der Waals surface area (Å²) in [5.41, 5.74) is -0.342. The quantitative estimate of drug-likeness (QED) is 0.214. The average molecular weight is 633 g/mol. The molecule has 0 saturated carbocycles. The number of allylic oxidation sites excluding steroid dienone is 1. The highest BCUT2D eigenvalue weighted by molar-refractivity contribution is 7.16. The minimum absolute atomic E-state index is 0.0354. The van der Waals surface area contributed by atoms with Gasteiger partial charge in [-0.1, -0.05) is 49.4 Å². The van der Waals surface area contributed by atoms with Gasteiger partial charge in [-0.25, -0.2) is 23.6 Å². The Balaban J connectivity index is 1.46. The van der Waals surface area contributed by atoms with E-state index in [1.54, 1.807) is 23.6 Å². The van der Waals surface area contributed by atoms with Crippen LogP contribution in [0.3, 0.4) is 0 Å². The van der Waals surface area contributed by atoms with Gasteiger partial charge in [0, 0.05) is 29.5 Å². The average Bonchev–Trinajstić information content (AvgIpc) is 3.26. The zero-order valence-electron chi connectivity index (χ0n) is 24.4. The van der Waals surface area contributed by atoms with E-state index in [0.717, 1.165) is 19.5 Å². The second-order valence-corrected chi connectivity index (χ2v) is 12.0. The number of amides is 1. The number of carbonyl (C=O) groups excluding carboxylic acids is 1. The number of hydrogen-bond donors (Lipinski definition) is 3. The number of carbonyl (C=O) groups is 3. The van der Waals surface area contributed by atoms with Gasteiger partial charge in [0.1, 0.15) is 11.7 Å². The number of carboxylic acids is 2. The lowest BCUT2D eigenvalue weighted by Crippen LogP contribution is -2.45. The van der Waals surface area contributed by atoms with E-state index < -0.39 is 41.3 Å². The molecule has 4 aromatic rings. The van der Waals surface area contributed by atoms with Crippen molar-refractivity contribution >= 4 is 45.0 Å². The third kappa shape index (κ3) is 6.73. The summed E-state index contributed by atoms with van der Waals surface area (Å²) in [4.78, 5) is 76.7. The molecule has 1 aliphatic rings. The smallest absolute Gasteiger partial charge is 0.352 e. The highest BCUT2D eigenvalue weighted by atomic mass is 32.1. The summed E-state index contributed by atoms with van der Waals surface area (Å²) < 4.78 is 3.97. The van der Waals surface area contributed by atoms with Gasteiger partial charge < -0.3 is 15.5 Å². The van der Waals surface area contributed by atoms with Crippen LogP contribution >= 0.6 is 11.3 Å². The molecule has 2 aromatic heterocycles. The SMILES string of the molecule is CC(Cn1c(=O)n2n(c1=O)C(CCCC(=O)O)CC=C2C(=O)NC(Cc1ccc2sccc(=O)c2c1)C(=O)O)c1ccccc1. The Bertz CT molecular complexity index is 1970. The van der Waals surface area contributed by atoms with Gasteiger partial charge in [0.15, 0.2) is 5.43 Å². The number of aromatic nitrogens is 3. The van der Waals surface area contributed by atoms with Crippen molar-refractivity contribution in [2.45, 2.75) is 63.6 Å². The summed E-state index contributed by atoms with van der Waals surface area (Å²) >= 11 is 1.38. The highest BCUT2D eigenvalue weighted by Gasteiger charge is 2.33. The van der Waals surface area contributed by atoms with Crippen molar-refractivity contribution in [3.8, 4) is 0 Å². The number of nitrogens with one attached hydrogen (secondary N) is 1. The largest absolute Gasteiger partial charge is 0.481 e. The molecule has 3 atom stereocenters. The molecule has 234 valence electrons. The van der Waals surface area contributed by atoms with E-state index in [-0.39, 0.29) is 55.7 Å². The van der Waals surface area contributed by atoms with Gasteiger partial charge in [-0.15, -0.1) is 11.3 Å². The van der Waals surface area contributed by atoms with E-state index >= 15 is 0 Å². The molecule has 0 fully saturated rings. The molecule has 0 spiro atoms. The van der Waals surface area contributed by atoms with Crippen molar-refractivity contribution in [3.63, 3.8) is 0 Å². The van der Waals surface area contributed by atoms with Crippen LogP contribution in [0.1, 0.15) is 55.7 Å². The van der Waals surface area contributed by atoms with Crippen LogP contribution < -0.4 is 22.1 Å². The van der Waals surface area contributed by atoms with Crippen LogP contribution in [0.2, 0.25) is 0 Å². The Morgan fingerprint density at radius 2 is 1.78 bits per heavy atom. The Morgan fingerprint density at radius 1 is 1.02 bits per heavy atom. The molecule has 3 unspecified atom stereocenters. The number of hydrogen-bond acceptors (Lipinski definition) is 7. The third-order valence-electron chi connectivity index (χ3n) is 7.96. The maximum Gasteiger partial charge on any atom is 0.352 e. The van der Waals surface area contributed by atoms with Gasteiger partial charge in [0.05, 0.1) is 6.04 Å². The summed E-state index contributed by atoms with van der Waals surface area (Å²) in [5, 5.41) is 23.7. The van der Waals surface area contributed by atoms with E-state index in [1.807, 2.05) is 37.3 Å². The Kier molecular flexibility index (Phi) is 9.28. The molecular weight excluding hydrogens is 600 g/mol. The number of carboxylic acid groups (broad SMARTS) is 2. The molecule has 0 aliphatic carbocycles. The topological polar surface area (TPSA) is 170 Å². The third-order valence-corrected chi connectivity index (χ3v) is 8.85. The van der Waals surface area contributed by atoms with Crippen molar-refractivity contribution in [2.75, 3.05) is 0 Å². The lowest BCUT2D eigenvalue weighted by molar-refractivity contribution is -0.141. The first kappa shape index (κ1) is 31.4. The highest BCUT2D eigenvalue weighted by Crippen LogP contribution is 2.26. The monoisotopic (exact) mass is 632 g/mol. The molecule has 0 saturated heterocycles. The van der Waals surface area contributed by atoms with Crippen molar-refractivity contribution in [1.82, 2.24) is 19.2 Å². The van der Waals surface area contributed by atoms with Crippen molar-refractivity contribution in [3.05, 3.63) is 108 Å². The van der Waals surface area contributed by atoms with Crippen LogP contribution in [0.5, 0.6) is 0 Å². The fourth-order valence-electron chi connectivity index (χ4n) is 5.63. The molecule has 1 aliphatic heterocycles. The molecule has 1 amide bonds. The van der Waals surface area contributed by atoms with E-state index in [1.165, 1.54) is 28.2 Å². The molecule has 45 heavy (non-hydrogen) atoms. The Labute approximate surface area is 260 Å². The fourth-order valence-corrected chi connectivity index (χ4v) is 6.40. The van der Waals surface area contributed by atoms with Crippen molar-refractivity contribution in [1.29, 1.82) is 0 Å². The molecular formula is C32H32N4O8S. The van der Waals surface area contributed by atoms with Crippen LogP contribution in [0.25, 0.3) is 15.8 Å². The lowest BCUT2D eigenvalue weighted by Gasteiger charge is -2.25. The maximum atomic E-state index is 13.8. The first-order chi connectivity index (χ1) is 21.5. The second kappa shape index (κ2) is 13.3. The first-order valence-electron chi connectivity index (χ1n) is 14.5. The van der Waals surface area contributed by atoms with E-state index in [9.17, 15) is 33.9 Å². The zero-order chi connectivity index (χ0) is 32.2. The van der Waals surface area contributed by atoms with Gasteiger partial charge >= 0.3 is 23.3 Å². The second-order valence-electron chi connectivity index (χ2n) is 11.1. The number of fused-ring (bicyclic) bond motifs is 2. The minimum Gasteiger partial charge on any atom is -0.481 e. The number of rotatable bonds is 12. The molecule has 0 bridgehead atoms. The molecule has 3 heterocycles. The molecule has 2 aromatic carbocycles. The lowest BCUT2D eigenvalue weighted by atomic mass is 10.0. The fraction of sp³-hybridized carbons (Fsp3) is 0.312. The molecule has 12 nitrogen and oxygen atoms in total. The predicted octanol–water partition coefficient (Wildman–Crippen LogP) is 3.04. The summed E-state index contributed by atoms with van der Waals surface area (Å²) in [6.07, 6.45) is 1.92. The summed E-state index contributed by atoms with van der Waals surface area (Å²) in [6, 6.07) is 13.8. The van der Waals surface area contributed by atoms with Gasteiger partial charge in [-0.3, -0.25) is 14.4 Å². The van der Waals surface area contributed by atoms with Crippen LogP contribution in [0.15, 0.2) is 80.4 Å². The van der Waals surface area contributed by atoms with Crippen LogP contribution in [0, 0.1) is 0 Å². The van der Waals surface area contributed by atoms with Crippen molar-refractivity contribution in [2.24, 2.45) is 0 Å². The molecule has 3 N–H and O–H groups in total. The van der Waals surface area contributed by atoms with Gasteiger partial charge in [-0.05, 0) is 59.9 Å². The predicted molar refractivity (Wildman–Crippen MR) is 169 cm³/mol. The normalized spacial score (nSPS) is 15.6. The van der Waals surface area contributed by atoms with Crippen molar-refractivity contribution < 1.29 is 24.6 Å². The zero-order valence-corrected chi connectivity index (χ0v) is 25.2. The van der Waals surface area contributed by atoms with E-state index in [0.29, 0.717) is 10.9 Å². The standard InChI is InChI=1S/C32H32N4O8S/c1-19(21-6-3-2-4-7-21)18-34-31(43)35-22(8-5-9-28(38)39)11-12-25(36(35)32(34)44)29(40)33-24(30(41)42)17-20-10-13-27-23(16-20)26(37)14-15-45-27/h2-4,6-7,10,12-16,19,22,24H,5,8-9,11,17-18H2,1H3,(H,33,40)(H,38,39)(H,41,42). The molecule has 5 rings (SSSR count). The molecule has 13 heteroatoms. The summed E-state index contributed by atoms with van der Waals surface area (Å²) in [7, 11) is 0. The van der Waals surface area contributed by atoms with E-state index in [4.69, 9.17) is 5.11 Å². The number of aliphatic carboxylic acids is 2. The Morgan fingerprint density at radius 3 is 2.49 bits per heavy atom. The summed E-state index contributed by atoms with van der Waals surface area (Å²) in [5.74, 6) is -3.38. The van der Waals surface area contributed by atoms with E-state index in [2.05, 4.69) is 5.32 Å². The van der Waals surface area contributed by atoms with Crippen LogP contribution in [-0.4, -0.2) is 48.0 Å². The van der Waals surface area contributed by atoms with Crippen LogP contribution in [-0.2, 0) is 27.3 Å². The minimum atomic E-state index is -1.40. The number of nitrogens with zero attached hydrogens (tertiary/aromatic N) is 3. The van der Waals surface area contributed by atoms with Gasteiger partial charge in [-0.2, -0.15) is 4.68 Å². The molecule has 0 radical (unpaired) electrons. The Hall–Kier alpha value is -5.04.